The lowest BCUT2D eigenvalue weighted by Gasteiger charge is -2.56. The molecule has 1 aliphatic heterocycles. The number of halogens is 2. The number of hydrogen-bond donors (Lipinski definition) is 1. The van der Waals surface area contributed by atoms with Gasteiger partial charge in [-0.15, -0.1) is 0 Å². The first-order valence-electron chi connectivity index (χ1n) is 10.5. The van der Waals surface area contributed by atoms with Crippen LogP contribution in [0, 0.1) is 29.1 Å². The van der Waals surface area contributed by atoms with Crippen LogP contribution in [0.2, 0.25) is 0 Å². The minimum Gasteiger partial charge on any atom is -0.467 e. The highest BCUT2D eigenvalue weighted by Crippen LogP contribution is 2.60. The summed E-state index contributed by atoms with van der Waals surface area (Å²) in [4.78, 5) is 1.87. The molecule has 3 atom stereocenters. The normalized spacial score (nSPS) is 45.4. The number of hydrogen-bond acceptors (Lipinski definition) is 3. The molecule has 5 heteroatoms. The van der Waals surface area contributed by atoms with Crippen molar-refractivity contribution in [3.8, 4) is 0 Å². The van der Waals surface area contributed by atoms with Crippen LogP contribution in [0.25, 0.3) is 0 Å². The Morgan fingerprint density at radius 2 is 1.73 bits per heavy atom. The second kappa shape index (κ2) is 8.42. The second-order valence-corrected chi connectivity index (χ2v) is 10.8. The first-order chi connectivity index (χ1) is 12.6. The fourth-order valence-electron chi connectivity index (χ4n) is 6.54. The van der Waals surface area contributed by atoms with Crippen LogP contribution in [0.15, 0.2) is 10.7 Å². The second-order valence-electron chi connectivity index (χ2n) is 9.40. The third-order valence-corrected chi connectivity index (χ3v) is 8.86. The van der Waals surface area contributed by atoms with E-state index in [0.717, 1.165) is 62.4 Å². The van der Waals surface area contributed by atoms with Gasteiger partial charge in [0.1, 0.15) is 5.76 Å². The Morgan fingerprint density at radius 1 is 1.08 bits per heavy atom. The van der Waals surface area contributed by atoms with Gasteiger partial charge in [0.25, 0.3) is 0 Å². The summed E-state index contributed by atoms with van der Waals surface area (Å²) < 4.78 is 11.6. The molecule has 5 fully saturated rings. The monoisotopic (exact) mass is 490 g/mol. The quantitative estimate of drug-likeness (QED) is 0.347. The highest BCUT2D eigenvalue weighted by Gasteiger charge is 2.50. The molecule has 0 radical (unpaired) electrons. The molecule has 26 heavy (non-hydrogen) atoms. The van der Waals surface area contributed by atoms with Crippen molar-refractivity contribution in [2.24, 2.45) is 29.1 Å². The van der Waals surface area contributed by atoms with E-state index >= 15 is 0 Å². The van der Waals surface area contributed by atoms with Gasteiger partial charge in [0.15, 0.2) is 0 Å². The van der Waals surface area contributed by atoms with Gasteiger partial charge in [-0.2, -0.15) is 0 Å². The van der Waals surface area contributed by atoms with Crippen LogP contribution < -0.4 is 0 Å². The van der Waals surface area contributed by atoms with Gasteiger partial charge in [-0.25, -0.2) is 0 Å². The van der Waals surface area contributed by atoms with Gasteiger partial charge in [0, 0.05) is 17.5 Å². The molecular weight excluding hydrogens is 460 g/mol. The summed E-state index contributed by atoms with van der Waals surface area (Å²) in [5.41, 5.74) is 0.543. The molecule has 0 aromatic rings. The molecule has 5 aliphatic rings. The molecule has 0 spiro atoms. The Bertz CT molecular complexity index is 486. The molecule has 4 saturated carbocycles. The molecular formula is C21H32Br2O3. The Morgan fingerprint density at radius 3 is 2.31 bits per heavy atom. The number of rotatable bonds is 8. The number of aliphatic hydroxyl groups is 1. The van der Waals surface area contributed by atoms with Crippen LogP contribution in [-0.2, 0) is 9.47 Å². The maximum absolute atomic E-state index is 10.0. The number of alkyl halides is 1. The summed E-state index contributed by atoms with van der Waals surface area (Å²) in [6.07, 6.45) is 12.6. The molecule has 1 saturated heterocycles. The zero-order chi connectivity index (χ0) is 18.1. The maximum atomic E-state index is 10.0. The van der Waals surface area contributed by atoms with Crippen LogP contribution in [-0.4, -0.2) is 29.4 Å². The number of allylic oxidation sites excluding steroid dienone is 1. The Labute approximate surface area is 174 Å². The van der Waals surface area contributed by atoms with Crippen molar-refractivity contribution in [1.29, 1.82) is 0 Å². The molecule has 0 aromatic carbocycles. The van der Waals surface area contributed by atoms with Gasteiger partial charge in [-0.05, 0) is 74.5 Å². The molecule has 3 nitrogen and oxygen atoms in total. The molecule has 1 heterocycles. The largest absolute Gasteiger partial charge is 0.467 e. The third kappa shape index (κ3) is 4.21. The molecule has 0 aromatic heterocycles. The van der Waals surface area contributed by atoms with Gasteiger partial charge >= 0.3 is 0 Å². The summed E-state index contributed by atoms with van der Waals surface area (Å²) in [5, 5.41) is 10.0. The number of aliphatic hydroxyl groups excluding tert-OH is 1. The molecule has 148 valence electrons. The smallest absolute Gasteiger partial charge is 0.201 e. The van der Waals surface area contributed by atoms with E-state index in [-0.39, 0.29) is 10.7 Å². The Balaban J connectivity index is 1.11. The van der Waals surface area contributed by atoms with Crippen LogP contribution >= 0.6 is 31.9 Å². The van der Waals surface area contributed by atoms with Gasteiger partial charge < -0.3 is 14.6 Å². The number of ether oxygens (including phenoxy) is 2. The van der Waals surface area contributed by atoms with Crippen molar-refractivity contribution in [3.63, 3.8) is 0 Å². The van der Waals surface area contributed by atoms with Crippen LogP contribution in [0.3, 0.4) is 0 Å². The summed E-state index contributed by atoms with van der Waals surface area (Å²) >= 11 is 6.93. The van der Waals surface area contributed by atoms with E-state index in [9.17, 15) is 5.11 Å². The molecule has 0 amide bonds. The Hall–Kier alpha value is 0.420. The van der Waals surface area contributed by atoms with Crippen molar-refractivity contribution >= 4 is 31.9 Å². The zero-order valence-electron chi connectivity index (χ0n) is 15.5. The topological polar surface area (TPSA) is 38.7 Å². The molecule has 4 bridgehead atoms. The van der Waals surface area contributed by atoms with Crippen LogP contribution in [0.5, 0.6) is 0 Å². The van der Waals surface area contributed by atoms with Gasteiger partial charge in [0.05, 0.1) is 11.4 Å². The lowest BCUT2D eigenvalue weighted by Crippen LogP contribution is -2.48. The first-order valence-corrected chi connectivity index (χ1v) is 12.3. The van der Waals surface area contributed by atoms with E-state index in [1.54, 1.807) is 4.99 Å². The van der Waals surface area contributed by atoms with E-state index in [4.69, 9.17) is 9.47 Å². The van der Waals surface area contributed by atoms with Crippen molar-refractivity contribution < 1.29 is 14.6 Å². The molecule has 5 rings (SSSR count). The van der Waals surface area contributed by atoms with Crippen molar-refractivity contribution in [3.05, 3.63) is 10.7 Å². The standard InChI is InChI=1S/C21H32Br2O3/c22-12-18-19(23)17(20(24)26-18)4-2-1-3-5-25-13-21-9-14-6-15(10-21)8-16(7-14)11-21/h12,14-17,19-20,24H,1-11,13H2/b18-12-/t14?,15?,16?,17?,19-,20?,21?/m0/s1. The third-order valence-electron chi connectivity index (χ3n) is 7.28. The first kappa shape index (κ1) is 19.7. The van der Waals surface area contributed by atoms with Crippen molar-refractivity contribution in [2.45, 2.75) is 75.3 Å². The Kier molecular flexibility index (Phi) is 6.39. The zero-order valence-corrected chi connectivity index (χ0v) is 18.7. The predicted octanol–water partition coefficient (Wildman–Crippen LogP) is 5.74. The van der Waals surface area contributed by atoms with E-state index in [1.165, 1.54) is 38.5 Å². The lowest BCUT2D eigenvalue weighted by molar-refractivity contribution is -0.0966. The minimum absolute atomic E-state index is 0.115. The highest BCUT2D eigenvalue weighted by molar-refractivity contribution is 9.11. The van der Waals surface area contributed by atoms with Gasteiger partial charge in [-0.1, -0.05) is 44.7 Å². The van der Waals surface area contributed by atoms with E-state index in [0.29, 0.717) is 5.41 Å². The summed E-state index contributed by atoms with van der Waals surface area (Å²) in [5.74, 6) is 3.98. The number of unbranched alkanes of at least 4 members (excludes halogenated alkanes) is 2. The lowest BCUT2D eigenvalue weighted by atomic mass is 9.50. The predicted molar refractivity (Wildman–Crippen MR) is 110 cm³/mol. The van der Waals surface area contributed by atoms with Crippen molar-refractivity contribution in [1.82, 2.24) is 0 Å². The summed E-state index contributed by atoms with van der Waals surface area (Å²) in [6.45, 7) is 1.91. The van der Waals surface area contributed by atoms with Gasteiger partial charge in [-0.3, -0.25) is 0 Å². The molecule has 4 aliphatic carbocycles. The SMILES string of the molecule is OC1O/C(=C\Br)[C@@H](Br)C1CCCCCOCC12CC3CC(CC(C3)C1)C2. The molecule has 2 unspecified atom stereocenters. The van der Waals surface area contributed by atoms with Crippen LogP contribution in [0.4, 0.5) is 0 Å². The van der Waals surface area contributed by atoms with Crippen molar-refractivity contribution in [2.75, 3.05) is 13.2 Å². The average molecular weight is 492 g/mol. The molecule has 1 N–H and O–H groups in total. The van der Waals surface area contributed by atoms with E-state index in [2.05, 4.69) is 31.9 Å². The van der Waals surface area contributed by atoms with Crippen LogP contribution in [0.1, 0.15) is 64.2 Å². The van der Waals surface area contributed by atoms with E-state index < -0.39 is 6.29 Å². The van der Waals surface area contributed by atoms with E-state index in [1.807, 2.05) is 0 Å². The highest BCUT2D eigenvalue weighted by atomic mass is 79.9. The minimum atomic E-state index is -0.685. The van der Waals surface area contributed by atoms with Gasteiger partial charge in [0.2, 0.25) is 6.29 Å². The fraction of sp³-hybridized carbons (Fsp3) is 0.905. The summed E-state index contributed by atoms with van der Waals surface area (Å²) in [6, 6.07) is 0. The fourth-order valence-corrected chi connectivity index (χ4v) is 8.05. The maximum Gasteiger partial charge on any atom is 0.201 e. The average Bonchev–Trinajstić information content (AvgIpc) is 2.87. The summed E-state index contributed by atoms with van der Waals surface area (Å²) in [7, 11) is 0.